The van der Waals surface area contributed by atoms with Crippen LogP contribution in [0, 0.1) is 0 Å². The molecule has 76 heavy (non-hydrogen) atoms. The Morgan fingerprint density at radius 2 is 0.592 bits per heavy atom. The number of rotatable bonds is 12. The van der Waals surface area contributed by atoms with Gasteiger partial charge in [-0.25, -0.2) is 0 Å². The van der Waals surface area contributed by atoms with Crippen LogP contribution in [0.5, 0.6) is 0 Å². The van der Waals surface area contributed by atoms with Crippen molar-refractivity contribution in [2.24, 2.45) is 0 Å². The van der Waals surface area contributed by atoms with Gasteiger partial charge in [-0.15, -0.1) is 0 Å². The third-order valence-electron chi connectivity index (χ3n) is 16.4. The molecule has 0 aliphatic carbocycles. The molecule has 11 aromatic carbocycles. The minimum atomic E-state index is -0.00876. The molecule has 0 radical (unpaired) electrons. The molecule has 2 heteroatoms. The van der Waals surface area contributed by atoms with Gasteiger partial charge in [-0.3, -0.25) is 0 Å². The van der Waals surface area contributed by atoms with Crippen LogP contribution in [0.15, 0.2) is 224 Å². The number of aryl methyl sites for hydroxylation is 2. The zero-order valence-corrected chi connectivity index (χ0v) is 44.5. The maximum absolute atomic E-state index is 2.50. The molecule has 0 saturated carbocycles. The van der Waals surface area contributed by atoms with Gasteiger partial charge in [0.1, 0.15) is 0 Å². The average Bonchev–Trinajstić information content (AvgIpc) is 4.06. The number of benzene rings is 11. The van der Waals surface area contributed by atoms with Crippen molar-refractivity contribution in [1.82, 2.24) is 9.13 Å². The van der Waals surface area contributed by atoms with Gasteiger partial charge < -0.3 is 9.13 Å². The van der Waals surface area contributed by atoms with Crippen molar-refractivity contribution in [1.29, 1.82) is 0 Å². The highest BCUT2D eigenvalue weighted by Crippen LogP contribution is 2.46. The zero-order valence-electron chi connectivity index (χ0n) is 44.5. The summed E-state index contributed by atoms with van der Waals surface area (Å²) in [5, 5.41) is 10.4. The molecule has 2 aromatic heterocycles. The van der Waals surface area contributed by atoms with Crippen LogP contribution in [0.1, 0.15) is 65.9 Å². The number of nitrogens with zero attached hydrogens (tertiary/aromatic N) is 2. The lowest BCUT2D eigenvalue weighted by Gasteiger charge is -2.23. The Hall–Kier alpha value is -8.46. The van der Waals surface area contributed by atoms with Gasteiger partial charge >= 0.3 is 0 Å². The first-order valence-corrected chi connectivity index (χ1v) is 27.7. The lowest BCUT2D eigenvalue weighted by molar-refractivity contribution is 0.591. The fourth-order valence-corrected chi connectivity index (χ4v) is 12.2. The van der Waals surface area contributed by atoms with E-state index in [9.17, 15) is 0 Å². The summed E-state index contributed by atoms with van der Waals surface area (Å²) >= 11 is 0. The van der Waals surface area contributed by atoms with Crippen molar-refractivity contribution >= 4 is 65.2 Å². The Labute approximate surface area is 447 Å². The highest BCUT2D eigenvalue weighted by molar-refractivity contribution is 6.21. The molecule has 13 aromatic rings. The standard InChI is InChI=1S/C74H64N2/c1-6-8-44-75-68-20-14-12-16-60(68)65-46-57(38-42-70(65)75)53-26-22-49(23-27-53)51-30-34-55(35-31-51)72-62-18-10-11-19-63(62)73(67-48-59(74(3,4)5)40-41-64(67)72)56-36-32-52(33-37-56)50-24-28-54(29-25-50)58-39-43-71-66(47-58)61-17-13-15-21-69(61)76(71)45-9-7-2/h10-43,46-48H,6-9,44-45H2,1-5H3. The molecule has 0 bridgehead atoms. The van der Waals surface area contributed by atoms with E-state index in [-0.39, 0.29) is 5.41 Å². The SMILES string of the molecule is CCCCn1c2ccccc2c2cc(-c3ccc(-c4ccc(-c5c6ccccc6c(-c6ccc(-c7ccc(-c8ccc9c(c8)c8ccccc8n9CCCC)cc7)cc6)c6cc(C(C)(C)C)ccc56)cc4)cc3)ccc21. The van der Waals surface area contributed by atoms with Gasteiger partial charge in [0.05, 0.1) is 0 Å². The summed E-state index contributed by atoms with van der Waals surface area (Å²) in [6, 6.07) is 84.8. The molecule has 0 fully saturated rings. The summed E-state index contributed by atoms with van der Waals surface area (Å²) in [7, 11) is 0. The van der Waals surface area contributed by atoms with Crippen molar-refractivity contribution in [2.45, 2.75) is 78.8 Å². The highest BCUT2D eigenvalue weighted by atomic mass is 15.0. The van der Waals surface area contributed by atoms with Gasteiger partial charge in [-0.2, -0.15) is 0 Å². The molecule has 0 N–H and O–H groups in total. The van der Waals surface area contributed by atoms with Crippen molar-refractivity contribution < 1.29 is 0 Å². The molecule has 0 spiro atoms. The van der Waals surface area contributed by atoms with Crippen LogP contribution in [0.4, 0.5) is 0 Å². The number of unbranched alkanes of at least 4 members (excludes halogenated alkanes) is 2. The maximum Gasteiger partial charge on any atom is 0.0491 e. The van der Waals surface area contributed by atoms with Crippen molar-refractivity contribution in [3.8, 4) is 66.8 Å². The largest absolute Gasteiger partial charge is 0.340 e. The third kappa shape index (κ3) is 8.28. The Kier molecular flexibility index (Phi) is 12.0. The third-order valence-corrected chi connectivity index (χ3v) is 16.4. The molecule has 0 aliphatic rings. The molecule has 0 amide bonds. The van der Waals surface area contributed by atoms with E-state index in [1.165, 1.54) is 163 Å². The first-order chi connectivity index (χ1) is 37.2. The van der Waals surface area contributed by atoms with Crippen LogP contribution in [-0.4, -0.2) is 9.13 Å². The molecule has 0 atom stereocenters. The van der Waals surface area contributed by atoms with Crippen LogP contribution in [0.25, 0.3) is 132 Å². The van der Waals surface area contributed by atoms with E-state index in [4.69, 9.17) is 0 Å². The van der Waals surface area contributed by atoms with Gasteiger partial charge in [0.2, 0.25) is 0 Å². The number of fused-ring (bicyclic) bond motifs is 8. The summed E-state index contributed by atoms with van der Waals surface area (Å²) < 4.78 is 5.01. The first kappa shape index (κ1) is 47.3. The Balaban J connectivity index is 0.816. The molecule has 0 aliphatic heterocycles. The summed E-state index contributed by atoms with van der Waals surface area (Å²) in [6.45, 7) is 13.6. The second-order valence-corrected chi connectivity index (χ2v) is 22.1. The molecular formula is C74H64N2. The minimum Gasteiger partial charge on any atom is -0.340 e. The topological polar surface area (TPSA) is 9.86 Å². The van der Waals surface area contributed by atoms with Gasteiger partial charge in [-0.05, 0) is 155 Å². The van der Waals surface area contributed by atoms with Crippen LogP contribution in [0.2, 0.25) is 0 Å². The van der Waals surface area contributed by atoms with Gasteiger partial charge in [0, 0.05) is 56.7 Å². The van der Waals surface area contributed by atoms with E-state index in [2.05, 4.69) is 268 Å². The molecule has 13 rings (SSSR count). The van der Waals surface area contributed by atoms with Crippen LogP contribution in [-0.2, 0) is 18.5 Å². The van der Waals surface area contributed by atoms with E-state index < -0.39 is 0 Å². The molecule has 0 saturated heterocycles. The number of hydrogen-bond donors (Lipinski definition) is 0. The van der Waals surface area contributed by atoms with E-state index in [1.54, 1.807) is 0 Å². The van der Waals surface area contributed by atoms with Crippen LogP contribution >= 0.6 is 0 Å². The van der Waals surface area contributed by atoms with E-state index >= 15 is 0 Å². The summed E-state index contributed by atoms with van der Waals surface area (Å²) in [5.41, 5.74) is 21.4. The minimum absolute atomic E-state index is 0.00876. The lowest BCUT2D eigenvalue weighted by atomic mass is 9.81. The fourth-order valence-electron chi connectivity index (χ4n) is 12.2. The molecule has 2 nitrogen and oxygen atoms in total. The Bertz CT molecular complexity index is 4290. The summed E-state index contributed by atoms with van der Waals surface area (Å²) in [4.78, 5) is 0. The van der Waals surface area contributed by atoms with Crippen molar-refractivity contribution in [2.75, 3.05) is 0 Å². The van der Waals surface area contributed by atoms with Gasteiger partial charge in [0.15, 0.2) is 0 Å². The van der Waals surface area contributed by atoms with Gasteiger partial charge in [0.25, 0.3) is 0 Å². The second-order valence-electron chi connectivity index (χ2n) is 22.1. The fraction of sp³-hybridized carbons (Fsp3) is 0.162. The summed E-state index contributed by atoms with van der Waals surface area (Å²) in [5.74, 6) is 0. The monoisotopic (exact) mass is 981 g/mol. The van der Waals surface area contributed by atoms with E-state index in [0.29, 0.717) is 0 Å². The Morgan fingerprint density at radius 1 is 0.276 bits per heavy atom. The molecule has 2 heterocycles. The molecular weight excluding hydrogens is 917 g/mol. The normalized spacial score (nSPS) is 12.1. The number of aromatic nitrogens is 2. The van der Waals surface area contributed by atoms with Crippen LogP contribution < -0.4 is 0 Å². The van der Waals surface area contributed by atoms with Crippen molar-refractivity contribution in [3.05, 3.63) is 230 Å². The average molecular weight is 981 g/mol. The quantitative estimate of drug-likeness (QED) is 0.108. The molecule has 0 unspecified atom stereocenters. The van der Waals surface area contributed by atoms with E-state index in [0.717, 1.165) is 13.1 Å². The second kappa shape index (κ2) is 19.3. The maximum atomic E-state index is 2.50. The zero-order chi connectivity index (χ0) is 51.5. The first-order valence-electron chi connectivity index (χ1n) is 27.7. The predicted octanol–water partition coefficient (Wildman–Crippen LogP) is 21.1. The predicted molar refractivity (Wildman–Crippen MR) is 329 cm³/mol. The van der Waals surface area contributed by atoms with Crippen molar-refractivity contribution in [3.63, 3.8) is 0 Å². The smallest absolute Gasteiger partial charge is 0.0491 e. The number of hydrogen-bond acceptors (Lipinski definition) is 0. The number of para-hydroxylation sites is 2. The summed E-state index contributed by atoms with van der Waals surface area (Å²) in [6.07, 6.45) is 4.72. The van der Waals surface area contributed by atoms with Gasteiger partial charge in [-0.1, -0.05) is 229 Å². The molecule has 370 valence electrons. The lowest BCUT2D eigenvalue weighted by Crippen LogP contribution is -2.10. The Morgan fingerprint density at radius 3 is 0.987 bits per heavy atom. The van der Waals surface area contributed by atoms with Crippen LogP contribution in [0.3, 0.4) is 0 Å². The van der Waals surface area contributed by atoms with E-state index in [1.807, 2.05) is 0 Å². The highest BCUT2D eigenvalue weighted by Gasteiger charge is 2.21.